The number of aromatic nitrogens is 6. The zero-order chi connectivity index (χ0) is 17.5. The van der Waals surface area contributed by atoms with Gasteiger partial charge in [-0.3, -0.25) is 4.90 Å². The molecule has 3 aromatic heterocycles. The minimum Gasteiger partial charge on any atom is -0.340 e. The molecule has 130 valence electrons. The third-order valence-corrected chi connectivity index (χ3v) is 5.04. The van der Waals surface area contributed by atoms with Crippen LogP contribution in [0.5, 0.6) is 0 Å². The number of aromatic amines is 1. The van der Waals surface area contributed by atoms with E-state index in [4.69, 9.17) is 11.6 Å². The summed E-state index contributed by atoms with van der Waals surface area (Å²) in [5, 5.41) is 5.08. The first-order valence-electron chi connectivity index (χ1n) is 8.46. The van der Waals surface area contributed by atoms with Crippen molar-refractivity contribution in [1.29, 1.82) is 0 Å². The van der Waals surface area contributed by atoms with Crippen LogP contribution in [0, 0.1) is 0 Å². The van der Waals surface area contributed by atoms with Crippen LogP contribution in [0.15, 0.2) is 43.0 Å². The van der Waals surface area contributed by atoms with Gasteiger partial charge in [0.25, 0.3) is 0 Å². The van der Waals surface area contributed by atoms with Gasteiger partial charge in [-0.25, -0.2) is 19.6 Å². The zero-order valence-electron chi connectivity index (χ0n) is 13.9. The van der Waals surface area contributed by atoms with E-state index in [-0.39, 0.29) is 0 Å². The van der Waals surface area contributed by atoms with E-state index in [1.54, 1.807) is 6.33 Å². The van der Waals surface area contributed by atoms with Gasteiger partial charge in [0.1, 0.15) is 11.8 Å². The van der Waals surface area contributed by atoms with Gasteiger partial charge in [-0.15, -0.1) is 0 Å². The van der Waals surface area contributed by atoms with Crippen LogP contribution in [-0.4, -0.2) is 41.2 Å². The van der Waals surface area contributed by atoms with E-state index in [0.29, 0.717) is 16.6 Å². The van der Waals surface area contributed by atoms with Crippen LogP contribution in [0.3, 0.4) is 0 Å². The number of hydrogen-bond donors (Lipinski definition) is 1. The average molecular weight is 366 g/mol. The molecule has 26 heavy (non-hydrogen) atoms. The number of nitrogens with one attached hydrogen (secondary N) is 1. The van der Waals surface area contributed by atoms with Gasteiger partial charge in [0.15, 0.2) is 16.6 Å². The Morgan fingerprint density at radius 2 is 2.00 bits per heavy atom. The number of hydrogen-bond acceptors (Lipinski definition) is 5. The molecule has 0 saturated heterocycles. The maximum absolute atomic E-state index is 6.48. The van der Waals surface area contributed by atoms with Crippen LogP contribution in [0.1, 0.15) is 16.8 Å². The molecule has 1 aromatic carbocycles. The van der Waals surface area contributed by atoms with Crippen LogP contribution < -0.4 is 0 Å². The summed E-state index contributed by atoms with van der Waals surface area (Å²) in [4.78, 5) is 18.3. The molecular formula is C18H16ClN7. The molecule has 1 aliphatic rings. The lowest BCUT2D eigenvalue weighted by Crippen LogP contribution is -2.30. The maximum Gasteiger partial charge on any atom is 0.182 e. The molecule has 0 radical (unpaired) electrons. The molecule has 7 nitrogen and oxygen atoms in total. The van der Waals surface area contributed by atoms with Crippen molar-refractivity contribution in [3.05, 3.63) is 65.0 Å². The number of H-pyrrole nitrogens is 1. The molecule has 0 bridgehead atoms. The van der Waals surface area contributed by atoms with E-state index in [0.717, 1.165) is 42.8 Å². The molecule has 0 saturated carbocycles. The van der Waals surface area contributed by atoms with E-state index in [1.807, 2.05) is 10.7 Å². The maximum atomic E-state index is 6.48. The molecule has 1 N–H and O–H groups in total. The second kappa shape index (κ2) is 6.19. The van der Waals surface area contributed by atoms with Crippen LogP contribution in [0.2, 0.25) is 5.15 Å². The van der Waals surface area contributed by atoms with Gasteiger partial charge in [0.2, 0.25) is 0 Å². The number of imidazole rings is 1. The Bertz CT molecular complexity index is 1070. The molecule has 0 atom stereocenters. The standard InChI is InChI=1S/C18H16ClN7/c19-16-13-9-25(8-12-4-2-1-3-5-12)7-6-14(13)26(24-16)18-15-17(21-10-20-15)22-11-23-18/h1-5,10-11H,6-9H2,(H,20,21,22,23). The summed E-state index contributed by atoms with van der Waals surface area (Å²) in [5.41, 5.74) is 4.86. The van der Waals surface area contributed by atoms with Crippen molar-refractivity contribution >= 4 is 22.8 Å². The first-order valence-corrected chi connectivity index (χ1v) is 8.84. The lowest BCUT2D eigenvalue weighted by molar-refractivity contribution is 0.243. The Kier molecular flexibility index (Phi) is 3.69. The lowest BCUT2D eigenvalue weighted by Gasteiger charge is -2.27. The highest BCUT2D eigenvalue weighted by atomic mass is 35.5. The fraction of sp³-hybridized carbons (Fsp3) is 0.222. The zero-order valence-corrected chi connectivity index (χ0v) is 14.7. The van der Waals surface area contributed by atoms with E-state index in [1.165, 1.54) is 11.9 Å². The normalized spacial score (nSPS) is 14.7. The number of halogens is 1. The monoisotopic (exact) mass is 365 g/mol. The number of benzene rings is 1. The molecule has 4 heterocycles. The molecular weight excluding hydrogens is 350 g/mol. The molecule has 0 spiro atoms. The highest BCUT2D eigenvalue weighted by Crippen LogP contribution is 2.29. The molecule has 0 fully saturated rings. The molecule has 0 amide bonds. The van der Waals surface area contributed by atoms with Crippen LogP contribution in [-0.2, 0) is 19.5 Å². The van der Waals surface area contributed by atoms with Crippen LogP contribution in [0.4, 0.5) is 0 Å². The van der Waals surface area contributed by atoms with Crippen molar-refractivity contribution in [1.82, 2.24) is 34.6 Å². The lowest BCUT2D eigenvalue weighted by atomic mass is 10.1. The molecule has 0 unspecified atom stereocenters. The van der Waals surface area contributed by atoms with Gasteiger partial charge in [0.05, 0.1) is 12.0 Å². The van der Waals surface area contributed by atoms with E-state index in [2.05, 4.69) is 54.2 Å². The Balaban J connectivity index is 1.50. The predicted molar refractivity (Wildman–Crippen MR) is 98.1 cm³/mol. The van der Waals surface area contributed by atoms with Crippen molar-refractivity contribution in [2.24, 2.45) is 0 Å². The van der Waals surface area contributed by atoms with Crippen LogP contribution in [0.25, 0.3) is 17.0 Å². The predicted octanol–water partition coefficient (Wildman–Crippen LogP) is 2.75. The summed E-state index contributed by atoms with van der Waals surface area (Å²) in [6, 6.07) is 10.5. The fourth-order valence-electron chi connectivity index (χ4n) is 3.50. The largest absolute Gasteiger partial charge is 0.340 e. The van der Waals surface area contributed by atoms with Gasteiger partial charge < -0.3 is 4.98 Å². The summed E-state index contributed by atoms with van der Waals surface area (Å²) in [7, 11) is 0. The highest BCUT2D eigenvalue weighted by molar-refractivity contribution is 6.30. The average Bonchev–Trinajstić information content (AvgIpc) is 3.27. The van der Waals surface area contributed by atoms with Crippen molar-refractivity contribution in [3.8, 4) is 5.82 Å². The fourth-order valence-corrected chi connectivity index (χ4v) is 3.74. The molecule has 5 rings (SSSR count). The third kappa shape index (κ3) is 2.56. The number of fused-ring (bicyclic) bond motifs is 2. The second-order valence-electron chi connectivity index (χ2n) is 6.37. The van der Waals surface area contributed by atoms with Gasteiger partial charge in [-0.1, -0.05) is 41.9 Å². The van der Waals surface area contributed by atoms with E-state index >= 15 is 0 Å². The molecule has 4 aromatic rings. The van der Waals surface area contributed by atoms with E-state index in [9.17, 15) is 0 Å². The second-order valence-corrected chi connectivity index (χ2v) is 6.73. The van der Waals surface area contributed by atoms with Gasteiger partial charge in [0, 0.05) is 31.6 Å². The summed E-state index contributed by atoms with van der Waals surface area (Å²) < 4.78 is 1.83. The highest BCUT2D eigenvalue weighted by Gasteiger charge is 2.26. The first-order chi connectivity index (χ1) is 12.8. The molecule has 1 aliphatic heterocycles. The molecule has 8 heteroatoms. The van der Waals surface area contributed by atoms with Gasteiger partial charge in [-0.2, -0.15) is 5.10 Å². The van der Waals surface area contributed by atoms with Crippen LogP contribution >= 0.6 is 11.6 Å². The third-order valence-electron chi connectivity index (χ3n) is 4.74. The molecule has 0 aliphatic carbocycles. The smallest absolute Gasteiger partial charge is 0.182 e. The Labute approximate surface area is 154 Å². The van der Waals surface area contributed by atoms with Gasteiger partial charge >= 0.3 is 0 Å². The van der Waals surface area contributed by atoms with Crippen molar-refractivity contribution in [2.45, 2.75) is 19.5 Å². The summed E-state index contributed by atoms with van der Waals surface area (Å²) in [5.74, 6) is 0.687. The van der Waals surface area contributed by atoms with Crippen molar-refractivity contribution in [3.63, 3.8) is 0 Å². The Hall–Kier alpha value is -2.77. The summed E-state index contributed by atoms with van der Waals surface area (Å²) in [6.07, 6.45) is 3.98. The van der Waals surface area contributed by atoms with E-state index < -0.39 is 0 Å². The number of rotatable bonds is 3. The Morgan fingerprint density at radius 3 is 2.88 bits per heavy atom. The minimum absolute atomic E-state index is 0.532. The SMILES string of the molecule is Clc1nn(-c2ncnc3nc[nH]c23)c2c1CN(Cc1ccccc1)CC2. The van der Waals surface area contributed by atoms with Crippen molar-refractivity contribution < 1.29 is 0 Å². The van der Waals surface area contributed by atoms with Crippen molar-refractivity contribution in [2.75, 3.05) is 6.54 Å². The minimum atomic E-state index is 0.532. The Morgan fingerprint density at radius 1 is 1.12 bits per heavy atom. The number of nitrogens with zero attached hydrogens (tertiary/aromatic N) is 6. The first kappa shape index (κ1) is 15.5. The summed E-state index contributed by atoms with van der Waals surface area (Å²) in [6.45, 7) is 2.63. The quantitative estimate of drug-likeness (QED) is 0.604. The summed E-state index contributed by atoms with van der Waals surface area (Å²) >= 11 is 6.48. The van der Waals surface area contributed by atoms with Gasteiger partial charge in [-0.05, 0) is 5.56 Å². The topological polar surface area (TPSA) is 75.5 Å².